The molecule has 0 aliphatic carbocycles. The van der Waals surface area contributed by atoms with Crippen LogP contribution in [0.1, 0.15) is 6.92 Å². The van der Waals surface area contributed by atoms with Crippen LogP contribution >= 0.6 is 63.7 Å². The SMILES string of the molecule is C[C@@]12C=C[C@@H](O1)C(Br)=C(Br)C2(Br)Br. The molecule has 0 aromatic carbocycles. The molecule has 2 aliphatic rings. The minimum absolute atomic E-state index is 0.0441. The largest absolute Gasteiger partial charge is 0.356 e. The molecule has 0 fully saturated rings. The summed E-state index contributed by atoms with van der Waals surface area (Å²) in [5.74, 6) is 0. The van der Waals surface area contributed by atoms with Gasteiger partial charge < -0.3 is 4.74 Å². The summed E-state index contributed by atoms with van der Waals surface area (Å²) >= 11 is 14.3. The van der Waals surface area contributed by atoms with E-state index in [9.17, 15) is 0 Å². The van der Waals surface area contributed by atoms with E-state index in [-0.39, 0.29) is 14.9 Å². The maximum absolute atomic E-state index is 5.84. The highest BCUT2D eigenvalue weighted by molar-refractivity contribution is 9.26. The Kier molecular flexibility index (Phi) is 2.65. The van der Waals surface area contributed by atoms with Crippen molar-refractivity contribution in [1.29, 1.82) is 0 Å². The lowest BCUT2D eigenvalue weighted by Gasteiger charge is -2.41. The number of rotatable bonds is 0. The number of ether oxygens (including phenoxy) is 1. The Bertz CT molecular complexity index is 320. The quantitative estimate of drug-likeness (QED) is 0.408. The fourth-order valence-electron chi connectivity index (χ4n) is 1.42. The first-order chi connectivity index (χ1) is 5.88. The van der Waals surface area contributed by atoms with Crippen LogP contribution in [0.25, 0.3) is 0 Å². The van der Waals surface area contributed by atoms with E-state index >= 15 is 0 Å². The molecule has 0 radical (unpaired) electrons. The highest BCUT2D eigenvalue weighted by atomic mass is 79.9. The second-order valence-corrected chi connectivity index (χ2v) is 8.33. The van der Waals surface area contributed by atoms with E-state index in [4.69, 9.17) is 4.74 Å². The van der Waals surface area contributed by atoms with E-state index in [0.29, 0.717) is 0 Å². The van der Waals surface area contributed by atoms with Gasteiger partial charge in [0.25, 0.3) is 0 Å². The molecule has 2 aliphatic heterocycles. The van der Waals surface area contributed by atoms with Gasteiger partial charge in [-0.15, -0.1) is 0 Å². The van der Waals surface area contributed by atoms with Crippen molar-refractivity contribution in [1.82, 2.24) is 0 Å². The summed E-state index contributed by atoms with van der Waals surface area (Å²) in [7, 11) is 0. The van der Waals surface area contributed by atoms with Gasteiger partial charge in [0.15, 0.2) is 0 Å². The molecule has 2 heterocycles. The number of fused-ring (bicyclic) bond motifs is 2. The smallest absolute Gasteiger partial charge is 0.145 e. The van der Waals surface area contributed by atoms with Crippen molar-refractivity contribution in [2.45, 2.75) is 21.9 Å². The van der Waals surface area contributed by atoms with E-state index < -0.39 is 0 Å². The predicted octanol–water partition coefficient (Wildman–Crippen LogP) is 4.20. The van der Waals surface area contributed by atoms with Crippen LogP contribution in [0.4, 0.5) is 0 Å². The molecule has 2 bridgehead atoms. The molecule has 1 nitrogen and oxygen atoms in total. The number of alkyl halides is 2. The summed E-state index contributed by atoms with van der Waals surface area (Å²) in [6, 6.07) is 0. The van der Waals surface area contributed by atoms with Gasteiger partial charge in [-0.05, 0) is 6.92 Å². The van der Waals surface area contributed by atoms with E-state index in [1.165, 1.54) is 0 Å². The van der Waals surface area contributed by atoms with Gasteiger partial charge in [0.1, 0.15) is 14.9 Å². The monoisotopic (exact) mass is 434 g/mol. The average Bonchev–Trinajstić information content (AvgIpc) is 2.43. The Hall–Kier alpha value is 1.36. The van der Waals surface area contributed by atoms with Crippen molar-refractivity contribution >= 4 is 63.7 Å². The van der Waals surface area contributed by atoms with Crippen LogP contribution in [0, 0.1) is 0 Å². The zero-order chi connectivity index (χ0) is 9.85. The van der Waals surface area contributed by atoms with Crippen molar-refractivity contribution in [2.75, 3.05) is 0 Å². The lowest BCUT2D eigenvalue weighted by Crippen LogP contribution is -2.46. The molecule has 0 saturated carbocycles. The lowest BCUT2D eigenvalue weighted by molar-refractivity contribution is 0.000888. The normalized spacial score (nSPS) is 41.5. The first kappa shape index (κ1) is 10.9. The van der Waals surface area contributed by atoms with Crippen molar-refractivity contribution in [3.8, 4) is 0 Å². The minimum Gasteiger partial charge on any atom is -0.356 e. The zero-order valence-corrected chi connectivity index (χ0v) is 13.0. The zero-order valence-electron chi connectivity index (χ0n) is 6.65. The molecule has 13 heavy (non-hydrogen) atoms. The van der Waals surface area contributed by atoms with Crippen molar-refractivity contribution in [2.24, 2.45) is 0 Å². The Morgan fingerprint density at radius 3 is 2.62 bits per heavy atom. The Morgan fingerprint density at radius 2 is 2.00 bits per heavy atom. The van der Waals surface area contributed by atoms with Crippen LogP contribution < -0.4 is 0 Å². The van der Waals surface area contributed by atoms with Crippen LogP contribution in [0.15, 0.2) is 21.1 Å². The molecule has 2 atom stereocenters. The second kappa shape index (κ2) is 3.17. The number of hydrogen-bond donors (Lipinski definition) is 0. The van der Waals surface area contributed by atoms with Gasteiger partial charge >= 0.3 is 0 Å². The summed E-state index contributed by atoms with van der Waals surface area (Å²) < 4.78 is 7.53. The fraction of sp³-hybridized carbons (Fsp3) is 0.500. The Morgan fingerprint density at radius 1 is 1.38 bits per heavy atom. The molecular weight excluding hydrogens is 432 g/mol. The third-order valence-corrected chi connectivity index (χ3v) is 8.15. The van der Waals surface area contributed by atoms with Crippen molar-refractivity contribution in [3.63, 3.8) is 0 Å². The number of hydrogen-bond acceptors (Lipinski definition) is 1. The van der Waals surface area contributed by atoms with Crippen molar-refractivity contribution in [3.05, 3.63) is 21.1 Å². The maximum atomic E-state index is 5.84. The molecule has 0 amide bonds. The van der Waals surface area contributed by atoms with Gasteiger partial charge in [0.2, 0.25) is 0 Å². The average molecular weight is 438 g/mol. The predicted molar refractivity (Wildman–Crippen MR) is 67.9 cm³/mol. The maximum Gasteiger partial charge on any atom is 0.145 e. The summed E-state index contributed by atoms with van der Waals surface area (Å²) in [6.07, 6.45) is 4.16. The fourth-order valence-corrected chi connectivity index (χ4v) is 3.99. The third kappa shape index (κ3) is 1.38. The highest BCUT2D eigenvalue weighted by Gasteiger charge is 2.54. The molecule has 0 unspecified atom stereocenters. The van der Waals surface area contributed by atoms with Crippen LogP contribution in [0.2, 0.25) is 0 Å². The lowest BCUT2D eigenvalue weighted by atomic mass is 10.0. The molecule has 0 N–H and O–H groups in total. The second-order valence-electron chi connectivity index (χ2n) is 3.24. The first-order valence-corrected chi connectivity index (χ1v) is 6.86. The van der Waals surface area contributed by atoms with Crippen LogP contribution in [0.5, 0.6) is 0 Å². The van der Waals surface area contributed by atoms with E-state index in [2.05, 4.69) is 75.9 Å². The summed E-state index contributed by atoms with van der Waals surface area (Å²) in [5, 5.41) is 0. The first-order valence-electron chi connectivity index (χ1n) is 3.69. The highest BCUT2D eigenvalue weighted by Crippen LogP contribution is 2.57. The van der Waals surface area contributed by atoms with Crippen molar-refractivity contribution < 1.29 is 4.74 Å². The Balaban J connectivity index is 2.59. The molecule has 2 rings (SSSR count). The minimum atomic E-state index is -0.380. The molecule has 0 saturated heterocycles. The van der Waals surface area contributed by atoms with Gasteiger partial charge in [0, 0.05) is 8.96 Å². The molecule has 72 valence electrons. The standard InChI is InChI=1S/C8H6Br4O/c1-7-3-2-4(13-7)5(9)6(10)8(7,11)12/h2-4H,1H3/t4-,7+/m1/s1. The van der Waals surface area contributed by atoms with E-state index in [0.717, 1.165) is 8.96 Å². The number of halogens is 4. The molecule has 0 spiro atoms. The van der Waals surface area contributed by atoms with Gasteiger partial charge in [0.05, 0.1) is 0 Å². The molecule has 5 heteroatoms. The van der Waals surface area contributed by atoms with E-state index in [1.807, 2.05) is 6.92 Å². The van der Waals surface area contributed by atoms with Gasteiger partial charge in [-0.1, -0.05) is 75.9 Å². The van der Waals surface area contributed by atoms with E-state index in [1.54, 1.807) is 0 Å². The molecular formula is C8H6Br4O. The Labute approximate surface area is 110 Å². The van der Waals surface area contributed by atoms with Crippen LogP contribution in [-0.4, -0.2) is 14.9 Å². The third-order valence-electron chi connectivity index (χ3n) is 2.32. The summed E-state index contributed by atoms with van der Waals surface area (Å²) in [5.41, 5.74) is -0.340. The van der Waals surface area contributed by atoms with Gasteiger partial charge in [-0.3, -0.25) is 0 Å². The molecule has 0 aromatic heterocycles. The molecule has 0 aromatic rings. The topological polar surface area (TPSA) is 9.23 Å². The van der Waals surface area contributed by atoms with Crippen LogP contribution in [0.3, 0.4) is 0 Å². The van der Waals surface area contributed by atoms with Crippen LogP contribution in [-0.2, 0) is 4.74 Å². The van der Waals surface area contributed by atoms with Gasteiger partial charge in [-0.2, -0.15) is 0 Å². The summed E-state index contributed by atoms with van der Waals surface area (Å²) in [4.78, 5) is 0. The van der Waals surface area contributed by atoms with Gasteiger partial charge in [-0.25, -0.2) is 0 Å². The summed E-state index contributed by atoms with van der Waals surface area (Å²) in [6.45, 7) is 2.04.